The molecule has 0 aliphatic rings. The number of ether oxygens (including phenoxy) is 1. The number of nitrogens with two attached hydrogens (primary N) is 1. The number of para-hydroxylation sites is 1. The molecule has 0 radical (unpaired) electrons. The fourth-order valence-electron chi connectivity index (χ4n) is 1.76. The molecule has 0 aliphatic heterocycles. The smallest absolute Gasteiger partial charge is 0.165 e. The predicted molar refractivity (Wildman–Crippen MR) is 81.3 cm³/mol. The Morgan fingerprint density at radius 3 is 2.50 bits per heavy atom. The van der Waals surface area contributed by atoms with Gasteiger partial charge in [-0.05, 0) is 38.1 Å². The molecule has 0 aliphatic carbocycles. The van der Waals surface area contributed by atoms with Gasteiger partial charge >= 0.3 is 0 Å². The molecule has 2 aromatic rings. The standard InChI is InChI=1S/C15H16ClFN2O/c1-9(2)20-13-8-4-7-12(15(13)18)19-11-6-3-5-10(16)14(11)17/h3-9,19H,18H2,1-2H3. The zero-order valence-electron chi connectivity index (χ0n) is 11.3. The third-order valence-corrected chi connectivity index (χ3v) is 2.94. The number of hydrogen-bond donors (Lipinski definition) is 2. The third-order valence-electron chi connectivity index (χ3n) is 2.65. The number of nitrogens with one attached hydrogen (secondary N) is 1. The summed E-state index contributed by atoms with van der Waals surface area (Å²) in [6, 6.07) is 10.1. The Bertz CT molecular complexity index is 617. The van der Waals surface area contributed by atoms with E-state index in [4.69, 9.17) is 22.1 Å². The van der Waals surface area contributed by atoms with Crippen LogP contribution in [0.3, 0.4) is 0 Å². The van der Waals surface area contributed by atoms with Crippen molar-refractivity contribution in [3.05, 3.63) is 47.2 Å². The van der Waals surface area contributed by atoms with E-state index in [2.05, 4.69) is 5.32 Å². The molecule has 0 fully saturated rings. The van der Waals surface area contributed by atoms with E-state index in [0.717, 1.165) is 0 Å². The van der Waals surface area contributed by atoms with Crippen LogP contribution in [0.4, 0.5) is 21.5 Å². The molecule has 0 atom stereocenters. The molecule has 106 valence electrons. The monoisotopic (exact) mass is 294 g/mol. The van der Waals surface area contributed by atoms with Gasteiger partial charge in [-0.15, -0.1) is 0 Å². The van der Waals surface area contributed by atoms with Crippen LogP contribution >= 0.6 is 11.6 Å². The molecule has 0 saturated heterocycles. The first-order valence-electron chi connectivity index (χ1n) is 6.25. The molecule has 0 unspecified atom stereocenters. The van der Waals surface area contributed by atoms with E-state index in [1.165, 1.54) is 6.07 Å². The Balaban J connectivity index is 2.32. The van der Waals surface area contributed by atoms with E-state index in [1.807, 2.05) is 13.8 Å². The molecule has 5 heteroatoms. The first-order valence-corrected chi connectivity index (χ1v) is 6.63. The van der Waals surface area contributed by atoms with Gasteiger partial charge in [0.05, 0.1) is 28.2 Å². The van der Waals surface area contributed by atoms with Crippen molar-refractivity contribution in [3.8, 4) is 5.75 Å². The third kappa shape index (κ3) is 3.14. The van der Waals surface area contributed by atoms with Gasteiger partial charge in [0.15, 0.2) is 5.82 Å². The van der Waals surface area contributed by atoms with Crippen LogP contribution in [0.25, 0.3) is 0 Å². The summed E-state index contributed by atoms with van der Waals surface area (Å²) in [5, 5.41) is 2.99. The van der Waals surface area contributed by atoms with Crippen LogP contribution in [0, 0.1) is 5.82 Å². The molecule has 0 aromatic heterocycles. The fraction of sp³-hybridized carbons (Fsp3) is 0.200. The van der Waals surface area contributed by atoms with Gasteiger partial charge in [0.1, 0.15) is 5.75 Å². The van der Waals surface area contributed by atoms with Gasteiger partial charge in [0.2, 0.25) is 0 Å². The van der Waals surface area contributed by atoms with Gasteiger partial charge in [0, 0.05) is 0 Å². The van der Waals surface area contributed by atoms with Gasteiger partial charge in [-0.1, -0.05) is 23.7 Å². The molecular weight excluding hydrogens is 279 g/mol. The Labute approximate surface area is 122 Å². The van der Waals surface area contributed by atoms with Crippen LogP contribution in [0.1, 0.15) is 13.8 Å². The highest BCUT2D eigenvalue weighted by Crippen LogP contribution is 2.33. The summed E-state index contributed by atoms with van der Waals surface area (Å²) in [5.41, 5.74) is 7.30. The molecule has 2 aromatic carbocycles. The molecule has 3 N–H and O–H groups in total. The van der Waals surface area contributed by atoms with Crippen LogP contribution < -0.4 is 15.8 Å². The van der Waals surface area contributed by atoms with E-state index in [9.17, 15) is 4.39 Å². The Morgan fingerprint density at radius 1 is 1.15 bits per heavy atom. The lowest BCUT2D eigenvalue weighted by atomic mass is 10.2. The molecule has 0 bridgehead atoms. The van der Waals surface area contributed by atoms with Crippen molar-refractivity contribution in [2.75, 3.05) is 11.1 Å². The molecular formula is C15H16ClFN2O. The van der Waals surface area contributed by atoms with Crippen molar-refractivity contribution in [1.29, 1.82) is 0 Å². The summed E-state index contributed by atoms with van der Waals surface area (Å²) < 4.78 is 19.5. The number of hydrogen-bond acceptors (Lipinski definition) is 3. The second-order valence-electron chi connectivity index (χ2n) is 4.61. The van der Waals surface area contributed by atoms with E-state index in [0.29, 0.717) is 17.1 Å². The number of rotatable bonds is 4. The minimum atomic E-state index is -0.510. The zero-order valence-corrected chi connectivity index (χ0v) is 12.0. The maximum atomic E-state index is 13.9. The quantitative estimate of drug-likeness (QED) is 0.811. The summed E-state index contributed by atoms with van der Waals surface area (Å²) in [6.45, 7) is 3.83. The van der Waals surface area contributed by atoms with E-state index in [1.54, 1.807) is 30.3 Å². The molecule has 2 rings (SSSR count). The lowest BCUT2D eigenvalue weighted by molar-refractivity contribution is 0.244. The van der Waals surface area contributed by atoms with Crippen LogP contribution in [-0.2, 0) is 0 Å². The van der Waals surface area contributed by atoms with Crippen LogP contribution in [0.5, 0.6) is 5.75 Å². The highest BCUT2D eigenvalue weighted by Gasteiger charge is 2.11. The summed E-state index contributed by atoms with van der Waals surface area (Å²) >= 11 is 5.75. The van der Waals surface area contributed by atoms with E-state index < -0.39 is 5.82 Å². The zero-order chi connectivity index (χ0) is 14.7. The highest BCUT2D eigenvalue weighted by molar-refractivity contribution is 6.31. The van der Waals surface area contributed by atoms with Crippen molar-refractivity contribution in [2.45, 2.75) is 20.0 Å². The molecule has 20 heavy (non-hydrogen) atoms. The van der Waals surface area contributed by atoms with E-state index >= 15 is 0 Å². The van der Waals surface area contributed by atoms with Crippen LogP contribution in [-0.4, -0.2) is 6.10 Å². The van der Waals surface area contributed by atoms with Crippen molar-refractivity contribution >= 4 is 28.7 Å². The van der Waals surface area contributed by atoms with Crippen molar-refractivity contribution in [1.82, 2.24) is 0 Å². The first-order chi connectivity index (χ1) is 9.49. The van der Waals surface area contributed by atoms with E-state index in [-0.39, 0.29) is 16.8 Å². The van der Waals surface area contributed by atoms with Gasteiger partial charge in [0.25, 0.3) is 0 Å². The van der Waals surface area contributed by atoms with Crippen LogP contribution in [0.15, 0.2) is 36.4 Å². The average molecular weight is 295 g/mol. The van der Waals surface area contributed by atoms with Crippen LogP contribution in [0.2, 0.25) is 5.02 Å². The Hall–Kier alpha value is -1.94. The maximum absolute atomic E-state index is 13.9. The molecule has 0 heterocycles. The minimum absolute atomic E-state index is 0.00968. The van der Waals surface area contributed by atoms with Gasteiger partial charge in [-0.25, -0.2) is 4.39 Å². The number of nitrogen functional groups attached to an aromatic ring is 1. The SMILES string of the molecule is CC(C)Oc1cccc(Nc2cccc(Cl)c2F)c1N. The summed E-state index contributed by atoms with van der Waals surface area (Å²) in [4.78, 5) is 0. The maximum Gasteiger partial charge on any atom is 0.165 e. The number of benzene rings is 2. The topological polar surface area (TPSA) is 47.3 Å². The summed E-state index contributed by atoms with van der Waals surface area (Å²) in [7, 11) is 0. The van der Waals surface area contributed by atoms with Gasteiger partial charge in [-0.3, -0.25) is 0 Å². The summed E-state index contributed by atoms with van der Waals surface area (Å²) in [5.74, 6) is 0.0520. The first kappa shape index (κ1) is 14.5. The number of halogens is 2. The normalized spacial score (nSPS) is 10.7. The minimum Gasteiger partial charge on any atom is -0.489 e. The Kier molecular flexibility index (Phi) is 4.35. The second kappa shape index (κ2) is 6.01. The number of anilines is 3. The molecule has 3 nitrogen and oxygen atoms in total. The largest absolute Gasteiger partial charge is 0.489 e. The van der Waals surface area contributed by atoms with Gasteiger partial charge in [-0.2, -0.15) is 0 Å². The molecule has 0 amide bonds. The molecule has 0 saturated carbocycles. The Morgan fingerprint density at radius 2 is 1.80 bits per heavy atom. The lowest BCUT2D eigenvalue weighted by Gasteiger charge is -2.16. The average Bonchev–Trinajstić information content (AvgIpc) is 2.39. The summed E-state index contributed by atoms with van der Waals surface area (Å²) in [6.07, 6.45) is 0.00968. The second-order valence-corrected chi connectivity index (χ2v) is 5.02. The van der Waals surface area contributed by atoms with Gasteiger partial charge < -0.3 is 15.8 Å². The predicted octanol–water partition coefficient (Wildman–Crippen LogP) is 4.59. The molecule has 0 spiro atoms. The van der Waals surface area contributed by atoms with Crippen molar-refractivity contribution < 1.29 is 9.13 Å². The fourth-order valence-corrected chi connectivity index (χ4v) is 1.93. The van der Waals surface area contributed by atoms with Crippen molar-refractivity contribution in [2.24, 2.45) is 0 Å². The van der Waals surface area contributed by atoms with Crippen molar-refractivity contribution in [3.63, 3.8) is 0 Å². The highest BCUT2D eigenvalue weighted by atomic mass is 35.5. The lowest BCUT2D eigenvalue weighted by Crippen LogP contribution is -2.08.